The quantitative estimate of drug-likeness (QED) is 0.747. The lowest BCUT2D eigenvalue weighted by molar-refractivity contribution is -0.137. The zero-order valence-electron chi connectivity index (χ0n) is 17.1. The summed E-state index contributed by atoms with van der Waals surface area (Å²) in [5, 5.41) is 0. The molecule has 2 saturated heterocycles. The van der Waals surface area contributed by atoms with Crippen LogP contribution >= 0.6 is 0 Å². The van der Waals surface area contributed by atoms with Crippen molar-refractivity contribution in [1.29, 1.82) is 0 Å². The van der Waals surface area contributed by atoms with Crippen molar-refractivity contribution in [2.75, 3.05) is 20.2 Å². The summed E-state index contributed by atoms with van der Waals surface area (Å²) in [6.45, 7) is 2.39. The van der Waals surface area contributed by atoms with Crippen molar-refractivity contribution in [1.82, 2.24) is 15.8 Å². The molecule has 2 aliphatic rings. The summed E-state index contributed by atoms with van der Waals surface area (Å²) in [6.07, 6.45) is -1.16. The molecule has 2 aromatic carbocycles. The third-order valence-electron chi connectivity index (χ3n) is 6.31. The van der Waals surface area contributed by atoms with E-state index in [1.807, 2.05) is 12.1 Å². The number of likely N-dealkylation sites (tertiary alicyclic amines) is 1. The first kappa shape index (κ1) is 21.2. The van der Waals surface area contributed by atoms with E-state index in [4.69, 9.17) is 4.74 Å². The molecule has 2 fully saturated rings. The van der Waals surface area contributed by atoms with E-state index in [0.29, 0.717) is 18.5 Å². The van der Waals surface area contributed by atoms with Crippen LogP contribution in [0.4, 0.5) is 13.2 Å². The molecule has 2 heterocycles. The molecule has 2 unspecified atom stereocenters. The predicted molar refractivity (Wildman–Crippen MR) is 110 cm³/mol. The lowest BCUT2D eigenvalue weighted by Crippen LogP contribution is -2.42. The van der Waals surface area contributed by atoms with Crippen LogP contribution in [0.3, 0.4) is 0 Å². The Balaban J connectivity index is 1.28. The van der Waals surface area contributed by atoms with Crippen molar-refractivity contribution in [3.8, 4) is 5.75 Å². The predicted octanol–water partition coefficient (Wildman–Crippen LogP) is 4.53. The van der Waals surface area contributed by atoms with Crippen LogP contribution in [0.5, 0.6) is 5.75 Å². The van der Waals surface area contributed by atoms with Crippen LogP contribution in [-0.4, -0.2) is 31.1 Å². The first-order chi connectivity index (χ1) is 14.4. The van der Waals surface area contributed by atoms with Crippen molar-refractivity contribution in [3.05, 3.63) is 65.2 Å². The van der Waals surface area contributed by atoms with Gasteiger partial charge in [-0.05, 0) is 67.6 Å². The van der Waals surface area contributed by atoms with Crippen molar-refractivity contribution >= 4 is 0 Å². The van der Waals surface area contributed by atoms with Gasteiger partial charge < -0.3 is 4.74 Å². The fourth-order valence-electron chi connectivity index (χ4n) is 4.56. The number of ether oxygens (including phenoxy) is 1. The van der Waals surface area contributed by atoms with E-state index >= 15 is 0 Å². The van der Waals surface area contributed by atoms with Crippen molar-refractivity contribution < 1.29 is 17.9 Å². The summed E-state index contributed by atoms with van der Waals surface area (Å²) < 4.78 is 44.0. The van der Waals surface area contributed by atoms with E-state index in [9.17, 15) is 13.2 Å². The monoisotopic (exact) mass is 419 g/mol. The van der Waals surface area contributed by atoms with Crippen LogP contribution in [-0.2, 0) is 12.7 Å². The molecule has 2 N–H and O–H groups in total. The van der Waals surface area contributed by atoms with E-state index in [0.717, 1.165) is 49.7 Å². The average Bonchev–Trinajstić information content (AvgIpc) is 3.24. The van der Waals surface area contributed by atoms with E-state index in [1.54, 1.807) is 13.2 Å². The molecule has 2 aliphatic heterocycles. The van der Waals surface area contributed by atoms with E-state index in [1.165, 1.54) is 17.7 Å². The Morgan fingerprint density at radius 3 is 2.43 bits per heavy atom. The number of methoxy groups -OCH3 is 1. The van der Waals surface area contributed by atoms with E-state index < -0.39 is 11.7 Å². The second-order valence-electron chi connectivity index (χ2n) is 8.27. The maximum Gasteiger partial charge on any atom is 0.416 e. The molecule has 7 heteroatoms. The topological polar surface area (TPSA) is 36.5 Å². The Bertz CT molecular complexity index is 832. The summed E-state index contributed by atoms with van der Waals surface area (Å²) in [5.74, 6) is 1.42. The summed E-state index contributed by atoms with van der Waals surface area (Å²) >= 11 is 0. The molecule has 4 nitrogen and oxygen atoms in total. The van der Waals surface area contributed by atoms with Crippen LogP contribution in [0.25, 0.3) is 0 Å². The van der Waals surface area contributed by atoms with Gasteiger partial charge in [0.15, 0.2) is 0 Å². The number of piperidine rings is 1. The fourth-order valence-corrected chi connectivity index (χ4v) is 4.56. The lowest BCUT2D eigenvalue weighted by Gasteiger charge is -2.34. The molecule has 162 valence electrons. The van der Waals surface area contributed by atoms with E-state index in [-0.39, 0.29) is 6.04 Å². The lowest BCUT2D eigenvalue weighted by atomic mass is 9.86. The third-order valence-corrected chi connectivity index (χ3v) is 6.31. The first-order valence-electron chi connectivity index (χ1n) is 10.5. The van der Waals surface area contributed by atoms with Gasteiger partial charge in [0.2, 0.25) is 0 Å². The zero-order chi connectivity index (χ0) is 21.1. The van der Waals surface area contributed by atoms with Crippen LogP contribution < -0.4 is 15.6 Å². The van der Waals surface area contributed by atoms with Gasteiger partial charge in [-0.25, -0.2) is 0 Å². The van der Waals surface area contributed by atoms with Gasteiger partial charge >= 0.3 is 6.18 Å². The highest BCUT2D eigenvalue weighted by molar-refractivity contribution is 5.29. The van der Waals surface area contributed by atoms with E-state index in [2.05, 4.69) is 27.9 Å². The molecule has 4 rings (SSSR count). The van der Waals surface area contributed by atoms with Gasteiger partial charge in [0.1, 0.15) is 5.75 Å². The number of nitrogens with zero attached hydrogens (tertiary/aromatic N) is 1. The summed E-state index contributed by atoms with van der Waals surface area (Å²) in [5.41, 5.74) is 8.29. The van der Waals surface area contributed by atoms with Crippen LogP contribution in [0.15, 0.2) is 48.5 Å². The molecular weight excluding hydrogens is 391 g/mol. The van der Waals surface area contributed by atoms with Crippen molar-refractivity contribution in [2.24, 2.45) is 5.92 Å². The number of benzene rings is 2. The number of rotatable bonds is 5. The second-order valence-corrected chi connectivity index (χ2v) is 8.27. The van der Waals surface area contributed by atoms with Gasteiger partial charge in [0.25, 0.3) is 0 Å². The summed E-state index contributed by atoms with van der Waals surface area (Å²) in [4.78, 5) is 2.26. The number of nitrogens with one attached hydrogen (secondary N) is 2. The highest BCUT2D eigenvalue weighted by Crippen LogP contribution is 2.32. The van der Waals surface area contributed by atoms with Gasteiger partial charge in [-0.2, -0.15) is 13.2 Å². The minimum atomic E-state index is -4.29. The second kappa shape index (κ2) is 8.96. The molecule has 0 saturated carbocycles. The highest BCUT2D eigenvalue weighted by Gasteiger charge is 2.34. The average molecular weight is 419 g/mol. The molecule has 0 spiro atoms. The van der Waals surface area contributed by atoms with Crippen LogP contribution in [0, 0.1) is 5.92 Å². The van der Waals surface area contributed by atoms with Crippen molar-refractivity contribution in [2.45, 2.75) is 44.1 Å². The number of alkyl halides is 3. The minimum absolute atomic E-state index is 0.282. The van der Waals surface area contributed by atoms with Gasteiger partial charge in [-0.15, -0.1) is 0 Å². The number of halogens is 3. The van der Waals surface area contributed by atoms with Crippen LogP contribution in [0.1, 0.15) is 42.0 Å². The summed E-state index contributed by atoms with van der Waals surface area (Å²) in [7, 11) is 1.67. The molecule has 0 aromatic heterocycles. The number of hydrogen-bond acceptors (Lipinski definition) is 4. The molecule has 30 heavy (non-hydrogen) atoms. The standard InChI is InChI=1S/C23H28F3N3O/c1-30-20-7-5-17(6-8-20)21-14-22(28-27-21)18-9-11-29(12-10-18)15-16-3-2-4-19(13-16)23(24,25)26/h2-8,13,18,21-22,27-28H,9-12,14-15H2,1H3. The first-order valence-corrected chi connectivity index (χ1v) is 10.5. The Morgan fingerprint density at radius 1 is 1.03 bits per heavy atom. The normalized spacial score (nSPS) is 23.6. The van der Waals surface area contributed by atoms with Gasteiger partial charge in [-0.1, -0.05) is 30.3 Å². The van der Waals surface area contributed by atoms with Crippen LogP contribution in [0.2, 0.25) is 0 Å². The maximum atomic E-state index is 12.9. The minimum Gasteiger partial charge on any atom is -0.497 e. The number of hydrazine groups is 1. The Hall–Kier alpha value is -2.09. The largest absolute Gasteiger partial charge is 0.497 e. The van der Waals surface area contributed by atoms with Gasteiger partial charge in [0, 0.05) is 18.6 Å². The molecule has 2 aromatic rings. The zero-order valence-corrected chi connectivity index (χ0v) is 17.1. The van der Waals surface area contributed by atoms with Crippen molar-refractivity contribution in [3.63, 3.8) is 0 Å². The Kier molecular flexibility index (Phi) is 6.32. The van der Waals surface area contributed by atoms with Gasteiger partial charge in [-0.3, -0.25) is 15.8 Å². The third kappa shape index (κ3) is 4.96. The highest BCUT2D eigenvalue weighted by atomic mass is 19.4. The smallest absolute Gasteiger partial charge is 0.416 e. The Labute approximate surface area is 175 Å². The summed E-state index contributed by atoms with van der Waals surface area (Å²) in [6, 6.07) is 14.5. The molecule has 2 atom stereocenters. The molecule has 0 amide bonds. The molecular formula is C23H28F3N3O. The molecule has 0 radical (unpaired) electrons. The molecule has 0 bridgehead atoms. The SMILES string of the molecule is COc1ccc(C2CC(C3CCN(Cc4cccc(C(F)(F)F)c4)CC3)NN2)cc1. The van der Waals surface area contributed by atoms with Gasteiger partial charge in [0.05, 0.1) is 12.7 Å². The molecule has 0 aliphatic carbocycles. The maximum absolute atomic E-state index is 12.9. The number of hydrogen-bond donors (Lipinski definition) is 2. The fraction of sp³-hybridized carbons (Fsp3) is 0.478. The Morgan fingerprint density at radius 2 is 1.77 bits per heavy atom.